The van der Waals surface area contributed by atoms with Crippen LogP contribution >= 0.6 is 0 Å². The maximum atomic E-state index is 10.8. The van der Waals surface area contributed by atoms with E-state index in [-0.39, 0.29) is 5.92 Å². The summed E-state index contributed by atoms with van der Waals surface area (Å²) in [5.41, 5.74) is -0.757. The van der Waals surface area contributed by atoms with Gasteiger partial charge in [0.05, 0.1) is 24.7 Å². The fraction of sp³-hybridized carbons (Fsp3) is 0.786. The second kappa shape index (κ2) is 8.30. The van der Waals surface area contributed by atoms with Crippen LogP contribution in [0.3, 0.4) is 0 Å². The number of carboxylic acids is 1. The first-order chi connectivity index (χ1) is 9.07. The van der Waals surface area contributed by atoms with E-state index < -0.39 is 11.6 Å². The molecule has 1 rings (SSSR count). The molecular formula is C14H25NO4. The smallest absolute Gasteiger partial charge is 0.306 e. The number of hydrogen-bond acceptors (Lipinski definition) is 4. The van der Waals surface area contributed by atoms with Gasteiger partial charge in [-0.15, -0.1) is 6.58 Å². The lowest BCUT2D eigenvalue weighted by molar-refractivity contribution is -0.144. The maximum absolute atomic E-state index is 10.8. The molecule has 0 amide bonds. The Hall–Kier alpha value is -0.910. The monoisotopic (exact) mass is 271 g/mol. The third kappa shape index (κ3) is 6.18. The van der Waals surface area contributed by atoms with E-state index in [1.54, 1.807) is 0 Å². The maximum Gasteiger partial charge on any atom is 0.306 e. The molecule has 1 aliphatic carbocycles. The number of ether oxygens (including phenoxy) is 1. The number of aliphatic hydroxyl groups is 1. The van der Waals surface area contributed by atoms with Gasteiger partial charge in [0, 0.05) is 13.1 Å². The number of hydrogen-bond donors (Lipinski definition) is 3. The topological polar surface area (TPSA) is 78.8 Å². The molecule has 1 saturated carbocycles. The number of carbonyl (C=O) groups is 1. The number of nitrogens with one attached hydrogen (secondary N) is 1. The standard InChI is InChI=1S/C14H25NO4/c1-2-3-9-19-10-8-15-11-14(18)6-4-12(5-7-14)13(16)17/h2,12,15,18H,1,3-11H2,(H,16,17). The first-order valence-electron chi connectivity index (χ1n) is 6.92. The second-order valence-corrected chi connectivity index (χ2v) is 5.20. The van der Waals surface area contributed by atoms with Crippen molar-refractivity contribution in [3.8, 4) is 0 Å². The molecule has 0 radical (unpaired) electrons. The molecule has 0 spiro atoms. The van der Waals surface area contributed by atoms with Crippen LogP contribution in [0.4, 0.5) is 0 Å². The van der Waals surface area contributed by atoms with Gasteiger partial charge in [-0.05, 0) is 32.1 Å². The highest BCUT2D eigenvalue weighted by Crippen LogP contribution is 2.31. The van der Waals surface area contributed by atoms with E-state index in [2.05, 4.69) is 11.9 Å². The lowest BCUT2D eigenvalue weighted by Crippen LogP contribution is -2.45. The summed E-state index contributed by atoms with van der Waals surface area (Å²) in [6.45, 7) is 6.10. The summed E-state index contributed by atoms with van der Waals surface area (Å²) >= 11 is 0. The van der Waals surface area contributed by atoms with Crippen molar-refractivity contribution in [3.63, 3.8) is 0 Å². The molecule has 1 fully saturated rings. The second-order valence-electron chi connectivity index (χ2n) is 5.20. The summed E-state index contributed by atoms with van der Waals surface area (Å²) in [7, 11) is 0. The van der Waals surface area contributed by atoms with Gasteiger partial charge in [-0.25, -0.2) is 0 Å². The van der Waals surface area contributed by atoms with Crippen molar-refractivity contribution < 1.29 is 19.7 Å². The van der Waals surface area contributed by atoms with Crippen LogP contribution in [0.2, 0.25) is 0 Å². The fourth-order valence-electron chi connectivity index (χ4n) is 2.31. The van der Waals surface area contributed by atoms with Gasteiger partial charge >= 0.3 is 5.97 Å². The molecule has 110 valence electrons. The highest BCUT2D eigenvalue weighted by molar-refractivity contribution is 5.70. The van der Waals surface area contributed by atoms with Gasteiger partial charge < -0.3 is 20.3 Å². The number of rotatable bonds is 9. The van der Waals surface area contributed by atoms with Gasteiger partial charge in [0.2, 0.25) is 0 Å². The van der Waals surface area contributed by atoms with Gasteiger partial charge in [-0.3, -0.25) is 4.79 Å². The zero-order valence-electron chi connectivity index (χ0n) is 11.4. The zero-order valence-corrected chi connectivity index (χ0v) is 11.4. The zero-order chi connectivity index (χ0) is 14.1. The molecule has 0 aromatic rings. The Morgan fingerprint density at radius 2 is 2.11 bits per heavy atom. The molecule has 0 atom stereocenters. The first kappa shape index (κ1) is 16.1. The SMILES string of the molecule is C=CCCOCCNCC1(O)CCC(C(=O)O)CC1. The number of carboxylic acid groups (broad SMARTS) is 1. The first-order valence-corrected chi connectivity index (χ1v) is 6.92. The highest BCUT2D eigenvalue weighted by Gasteiger charge is 2.35. The summed E-state index contributed by atoms with van der Waals surface area (Å²) in [5.74, 6) is -1.03. The van der Waals surface area contributed by atoms with Crippen molar-refractivity contribution in [3.05, 3.63) is 12.7 Å². The molecule has 0 aromatic heterocycles. The molecule has 0 aliphatic heterocycles. The molecule has 19 heavy (non-hydrogen) atoms. The molecule has 0 aromatic carbocycles. The van der Waals surface area contributed by atoms with Crippen LogP contribution < -0.4 is 5.32 Å². The van der Waals surface area contributed by atoms with E-state index in [0.717, 1.165) is 6.42 Å². The lowest BCUT2D eigenvalue weighted by atomic mass is 9.79. The third-order valence-corrected chi connectivity index (χ3v) is 3.61. The minimum absolute atomic E-state index is 0.289. The fourth-order valence-corrected chi connectivity index (χ4v) is 2.31. The van der Waals surface area contributed by atoms with Gasteiger partial charge in [0.15, 0.2) is 0 Å². The average molecular weight is 271 g/mol. The quantitative estimate of drug-likeness (QED) is 0.433. The van der Waals surface area contributed by atoms with E-state index in [1.807, 2.05) is 6.08 Å². The predicted molar refractivity (Wildman–Crippen MR) is 73.0 cm³/mol. The van der Waals surface area contributed by atoms with E-state index in [4.69, 9.17) is 9.84 Å². The van der Waals surface area contributed by atoms with Crippen molar-refractivity contribution in [2.75, 3.05) is 26.3 Å². The number of aliphatic carboxylic acids is 1. The molecular weight excluding hydrogens is 246 g/mol. The summed E-state index contributed by atoms with van der Waals surface area (Å²) in [6, 6.07) is 0. The van der Waals surface area contributed by atoms with E-state index in [0.29, 0.717) is 52.0 Å². The molecule has 0 saturated heterocycles. The van der Waals surface area contributed by atoms with Crippen LogP contribution in [-0.2, 0) is 9.53 Å². The Labute approximate surface area is 114 Å². The minimum atomic E-state index is -0.757. The predicted octanol–water partition coefficient (Wildman–Crippen LogP) is 1.17. The Morgan fingerprint density at radius 1 is 1.42 bits per heavy atom. The van der Waals surface area contributed by atoms with Gasteiger partial charge in [-0.1, -0.05) is 6.08 Å². The van der Waals surface area contributed by atoms with Gasteiger partial charge in [0.1, 0.15) is 0 Å². The normalized spacial score (nSPS) is 27.1. The highest BCUT2D eigenvalue weighted by atomic mass is 16.5. The molecule has 5 nitrogen and oxygen atoms in total. The van der Waals surface area contributed by atoms with Crippen LogP contribution in [0.25, 0.3) is 0 Å². The van der Waals surface area contributed by atoms with Crippen LogP contribution in [0.5, 0.6) is 0 Å². The summed E-state index contributed by atoms with van der Waals surface area (Å²) in [6.07, 6.45) is 4.88. The Morgan fingerprint density at radius 3 is 2.68 bits per heavy atom. The van der Waals surface area contributed by atoms with Gasteiger partial charge in [-0.2, -0.15) is 0 Å². The molecule has 3 N–H and O–H groups in total. The lowest BCUT2D eigenvalue weighted by Gasteiger charge is -2.34. The molecule has 0 bridgehead atoms. The van der Waals surface area contributed by atoms with Crippen LogP contribution in [0.15, 0.2) is 12.7 Å². The van der Waals surface area contributed by atoms with Crippen molar-refractivity contribution in [2.24, 2.45) is 5.92 Å². The molecule has 5 heteroatoms. The largest absolute Gasteiger partial charge is 0.481 e. The Kier molecular flexibility index (Phi) is 7.05. The van der Waals surface area contributed by atoms with Crippen molar-refractivity contribution >= 4 is 5.97 Å². The van der Waals surface area contributed by atoms with E-state index in [9.17, 15) is 9.90 Å². The van der Waals surface area contributed by atoms with Gasteiger partial charge in [0.25, 0.3) is 0 Å². The average Bonchev–Trinajstić information content (AvgIpc) is 2.38. The Bertz CT molecular complexity index is 285. The van der Waals surface area contributed by atoms with E-state index in [1.165, 1.54) is 0 Å². The minimum Gasteiger partial charge on any atom is -0.481 e. The van der Waals surface area contributed by atoms with Crippen molar-refractivity contribution in [1.29, 1.82) is 0 Å². The molecule has 0 heterocycles. The third-order valence-electron chi connectivity index (χ3n) is 3.61. The van der Waals surface area contributed by atoms with Crippen molar-refractivity contribution in [2.45, 2.75) is 37.7 Å². The molecule has 0 unspecified atom stereocenters. The van der Waals surface area contributed by atoms with Crippen LogP contribution in [0.1, 0.15) is 32.1 Å². The van der Waals surface area contributed by atoms with Crippen LogP contribution in [-0.4, -0.2) is 48.1 Å². The van der Waals surface area contributed by atoms with E-state index >= 15 is 0 Å². The summed E-state index contributed by atoms with van der Waals surface area (Å²) in [4.78, 5) is 10.8. The summed E-state index contributed by atoms with van der Waals surface area (Å²) < 4.78 is 5.35. The molecule has 1 aliphatic rings. The van der Waals surface area contributed by atoms with Crippen molar-refractivity contribution in [1.82, 2.24) is 5.32 Å². The summed E-state index contributed by atoms with van der Waals surface area (Å²) in [5, 5.41) is 22.4. The Balaban J connectivity index is 2.09. The van der Waals surface area contributed by atoms with Crippen LogP contribution in [0, 0.1) is 5.92 Å².